The summed E-state index contributed by atoms with van der Waals surface area (Å²) < 4.78 is 15.5. The Bertz CT molecular complexity index is 456. The fraction of sp³-hybridized carbons (Fsp3) is 0.562. The second-order valence-corrected chi connectivity index (χ2v) is 4.76. The van der Waals surface area contributed by atoms with Crippen LogP contribution in [0.25, 0.3) is 0 Å². The van der Waals surface area contributed by atoms with Crippen LogP contribution >= 0.6 is 0 Å². The molecule has 0 radical (unpaired) electrons. The number of hydrogen-bond acceptors (Lipinski definition) is 5. The zero-order valence-corrected chi connectivity index (χ0v) is 13.0. The number of rotatable bonds is 10. The first kappa shape index (κ1) is 17.3. The van der Waals surface area contributed by atoms with Gasteiger partial charge in [-0.1, -0.05) is 26.2 Å². The fourth-order valence-corrected chi connectivity index (χ4v) is 1.97. The van der Waals surface area contributed by atoms with Crippen molar-refractivity contribution >= 4 is 5.78 Å². The fourth-order valence-electron chi connectivity index (χ4n) is 1.97. The number of benzene rings is 1. The van der Waals surface area contributed by atoms with Gasteiger partial charge in [-0.05, 0) is 12.5 Å². The monoisotopic (exact) mass is 296 g/mol. The van der Waals surface area contributed by atoms with Crippen molar-refractivity contribution in [2.24, 2.45) is 0 Å². The molecule has 21 heavy (non-hydrogen) atoms. The Balaban J connectivity index is 2.57. The van der Waals surface area contributed by atoms with E-state index in [-0.39, 0.29) is 23.7 Å². The first-order valence-electron chi connectivity index (χ1n) is 7.20. The van der Waals surface area contributed by atoms with Crippen LogP contribution in [0.3, 0.4) is 0 Å². The lowest BCUT2D eigenvalue weighted by Crippen LogP contribution is -2.10. The summed E-state index contributed by atoms with van der Waals surface area (Å²) in [6, 6.07) is 2.84. The molecule has 1 aromatic carbocycles. The van der Waals surface area contributed by atoms with Crippen LogP contribution in [-0.2, 0) is 4.74 Å². The SMILES string of the molecule is CCCCCCOCC(=O)c1cc(OC)c(OC)cc1O. The van der Waals surface area contributed by atoms with Gasteiger partial charge in [0.15, 0.2) is 17.3 Å². The van der Waals surface area contributed by atoms with Crippen molar-refractivity contribution in [1.29, 1.82) is 0 Å². The second kappa shape index (κ2) is 9.23. The van der Waals surface area contributed by atoms with E-state index in [2.05, 4.69) is 6.92 Å². The van der Waals surface area contributed by atoms with Gasteiger partial charge in [0.1, 0.15) is 12.4 Å². The van der Waals surface area contributed by atoms with E-state index in [1.54, 1.807) is 0 Å². The average molecular weight is 296 g/mol. The van der Waals surface area contributed by atoms with Gasteiger partial charge in [0.25, 0.3) is 0 Å². The lowest BCUT2D eigenvalue weighted by molar-refractivity contribution is 0.0749. The smallest absolute Gasteiger partial charge is 0.192 e. The minimum atomic E-state index is -0.274. The predicted octanol–water partition coefficient (Wildman–Crippen LogP) is 3.19. The van der Waals surface area contributed by atoms with E-state index in [9.17, 15) is 9.90 Å². The molecule has 0 spiro atoms. The minimum Gasteiger partial charge on any atom is -0.507 e. The van der Waals surface area contributed by atoms with Crippen LogP contribution in [0.4, 0.5) is 0 Å². The molecule has 0 aliphatic heterocycles. The Morgan fingerprint density at radius 2 is 1.76 bits per heavy atom. The number of methoxy groups -OCH3 is 2. The molecule has 0 saturated heterocycles. The first-order valence-corrected chi connectivity index (χ1v) is 7.20. The Kier molecular flexibility index (Phi) is 7.61. The highest BCUT2D eigenvalue weighted by atomic mass is 16.5. The third-order valence-corrected chi connectivity index (χ3v) is 3.18. The Hall–Kier alpha value is -1.75. The topological polar surface area (TPSA) is 65.0 Å². The summed E-state index contributed by atoms with van der Waals surface area (Å²) >= 11 is 0. The Labute approximate surface area is 125 Å². The van der Waals surface area contributed by atoms with Gasteiger partial charge in [-0.25, -0.2) is 0 Å². The van der Waals surface area contributed by atoms with E-state index in [0.717, 1.165) is 12.8 Å². The standard InChI is InChI=1S/C16H24O5/c1-4-5-6-7-8-21-11-14(18)12-9-15(19-2)16(20-3)10-13(12)17/h9-10,17H,4-8,11H2,1-3H3. The number of phenolic OH excluding ortho intramolecular Hbond substituents is 1. The molecule has 1 aromatic rings. The number of Topliss-reactive ketones (excluding diaryl/α,β-unsaturated/α-hetero) is 1. The van der Waals surface area contributed by atoms with Crippen molar-refractivity contribution < 1.29 is 24.1 Å². The number of carbonyl (C=O) groups is 1. The summed E-state index contributed by atoms with van der Waals surface area (Å²) in [6.45, 7) is 2.65. The van der Waals surface area contributed by atoms with Crippen molar-refractivity contribution in [3.63, 3.8) is 0 Å². The molecule has 0 atom stereocenters. The van der Waals surface area contributed by atoms with Crippen LogP contribution in [-0.4, -0.2) is 38.3 Å². The maximum absolute atomic E-state index is 12.0. The van der Waals surface area contributed by atoms with E-state index < -0.39 is 0 Å². The van der Waals surface area contributed by atoms with E-state index in [1.165, 1.54) is 39.2 Å². The van der Waals surface area contributed by atoms with Crippen LogP contribution in [0, 0.1) is 0 Å². The van der Waals surface area contributed by atoms with Gasteiger partial charge in [-0.3, -0.25) is 4.79 Å². The van der Waals surface area contributed by atoms with E-state index in [0.29, 0.717) is 18.1 Å². The number of ether oxygens (including phenoxy) is 3. The van der Waals surface area contributed by atoms with Crippen molar-refractivity contribution in [3.05, 3.63) is 17.7 Å². The normalized spacial score (nSPS) is 10.4. The number of carbonyl (C=O) groups excluding carboxylic acids is 1. The summed E-state index contributed by atoms with van der Waals surface area (Å²) in [5.41, 5.74) is 0.182. The summed E-state index contributed by atoms with van der Waals surface area (Å²) in [7, 11) is 2.95. The summed E-state index contributed by atoms with van der Waals surface area (Å²) in [5.74, 6) is 0.379. The van der Waals surface area contributed by atoms with Gasteiger partial charge in [0.2, 0.25) is 0 Å². The number of phenols is 1. The molecule has 0 aliphatic rings. The molecule has 1 N–H and O–H groups in total. The molecule has 0 aliphatic carbocycles. The Morgan fingerprint density at radius 1 is 1.10 bits per heavy atom. The number of hydrogen-bond donors (Lipinski definition) is 1. The van der Waals surface area contributed by atoms with Crippen LogP contribution < -0.4 is 9.47 Å². The highest BCUT2D eigenvalue weighted by Crippen LogP contribution is 2.34. The van der Waals surface area contributed by atoms with E-state index in [1.807, 2.05) is 0 Å². The second-order valence-electron chi connectivity index (χ2n) is 4.76. The molecule has 0 aromatic heterocycles. The van der Waals surface area contributed by atoms with E-state index >= 15 is 0 Å². The molecule has 1 rings (SSSR count). The maximum Gasteiger partial charge on any atom is 0.192 e. The molecule has 0 fully saturated rings. The highest BCUT2D eigenvalue weighted by molar-refractivity contribution is 6.00. The zero-order valence-electron chi connectivity index (χ0n) is 13.0. The van der Waals surface area contributed by atoms with Gasteiger partial charge in [-0.15, -0.1) is 0 Å². The molecule has 0 saturated carbocycles. The Morgan fingerprint density at radius 3 is 2.38 bits per heavy atom. The predicted molar refractivity (Wildman–Crippen MR) is 80.5 cm³/mol. The molecule has 0 unspecified atom stereocenters. The molecular weight excluding hydrogens is 272 g/mol. The molecule has 0 amide bonds. The van der Waals surface area contributed by atoms with E-state index in [4.69, 9.17) is 14.2 Å². The lowest BCUT2D eigenvalue weighted by Gasteiger charge is -2.11. The number of aromatic hydroxyl groups is 1. The maximum atomic E-state index is 12.0. The third-order valence-electron chi connectivity index (χ3n) is 3.18. The third kappa shape index (κ3) is 5.27. The quantitative estimate of drug-likeness (QED) is 0.530. The van der Waals surface area contributed by atoms with Gasteiger partial charge in [-0.2, -0.15) is 0 Å². The van der Waals surface area contributed by atoms with Crippen LogP contribution in [0.15, 0.2) is 12.1 Å². The van der Waals surface area contributed by atoms with Crippen LogP contribution in [0.2, 0.25) is 0 Å². The van der Waals surface area contributed by atoms with Gasteiger partial charge in [0, 0.05) is 12.7 Å². The van der Waals surface area contributed by atoms with Gasteiger partial charge >= 0.3 is 0 Å². The average Bonchev–Trinajstić information content (AvgIpc) is 2.50. The first-order chi connectivity index (χ1) is 10.1. The highest BCUT2D eigenvalue weighted by Gasteiger charge is 2.16. The molecule has 118 valence electrons. The molecule has 0 heterocycles. The summed E-state index contributed by atoms with van der Waals surface area (Å²) in [6.07, 6.45) is 4.39. The summed E-state index contributed by atoms with van der Waals surface area (Å²) in [4.78, 5) is 12.0. The molecule has 5 heteroatoms. The lowest BCUT2D eigenvalue weighted by atomic mass is 10.1. The molecular formula is C16H24O5. The van der Waals surface area contributed by atoms with Crippen molar-refractivity contribution in [2.75, 3.05) is 27.4 Å². The number of unbranched alkanes of at least 4 members (excludes halogenated alkanes) is 3. The van der Waals surface area contributed by atoms with Crippen LogP contribution in [0.1, 0.15) is 43.0 Å². The molecule has 5 nitrogen and oxygen atoms in total. The summed E-state index contributed by atoms with van der Waals surface area (Å²) in [5, 5.41) is 9.87. The van der Waals surface area contributed by atoms with Gasteiger partial charge in [0.05, 0.1) is 19.8 Å². The molecule has 0 bridgehead atoms. The largest absolute Gasteiger partial charge is 0.507 e. The van der Waals surface area contributed by atoms with Crippen molar-refractivity contribution in [3.8, 4) is 17.2 Å². The van der Waals surface area contributed by atoms with Gasteiger partial charge < -0.3 is 19.3 Å². The zero-order chi connectivity index (χ0) is 15.7. The van der Waals surface area contributed by atoms with Crippen molar-refractivity contribution in [2.45, 2.75) is 32.6 Å². The number of ketones is 1. The minimum absolute atomic E-state index is 0.0465. The van der Waals surface area contributed by atoms with Crippen molar-refractivity contribution in [1.82, 2.24) is 0 Å². The van der Waals surface area contributed by atoms with Crippen LogP contribution in [0.5, 0.6) is 17.2 Å².